The summed E-state index contributed by atoms with van der Waals surface area (Å²) in [5, 5.41) is 37.3. The first-order chi connectivity index (χ1) is 6.49. The van der Waals surface area contributed by atoms with Gasteiger partial charge >= 0.3 is 0 Å². The number of ether oxygens (including phenoxy) is 1. The number of aliphatic hydroxyl groups excluding tert-OH is 4. The molecule has 6 heteroatoms. The molecule has 14 heavy (non-hydrogen) atoms. The molecule has 1 heterocycles. The molecular weight excluding hydrogens is 303 g/mol. The molecule has 0 amide bonds. The van der Waals surface area contributed by atoms with E-state index in [1.165, 1.54) is 0 Å². The zero-order valence-corrected chi connectivity index (χ0v) is 9.90. The molecule has 1 aliphatic heterocycles. The number of hydrogen-bond acceptors (Lipinski definition) is 5. The van der Waals surface area contributed by atoms with Crippen molar-refractivity contribution in [3.05, 3.63) is 0 Å². The molecule has 1 saturated heterocycles. The van der Waals surface area contributed by atoms with Gasteiger partial charge in [-0.3, -0.25) is 0 Å². The summed E-state index contributed by atoms with van der Waals surface area (Å²) in [4.78, 5) is 0. The van der Waals surface area contributed by atoms with Crippen LogP contribution in [0, 0.1) is 0 Å². The molecular formula is C8H15IO5. The number of alkyl halides is 1. The molecule has 0 aromatic heterocycles. The van der Waals surface area contributed by atoms with Crippen LogP contribution in [0.25, 0.3) is 0 Å². The van der Waals surface area contributed by atoms with Crippen molar-refractivity contribution in [3.8, 4) is 0 Å². The second kappa shape index (κ2) is 5.04. The Morgan fingerprint density at radius 2 is 1.79 bits per heavy atom. The van der Waals surface area contributed by atoms with Crippen molar-refractivity contribution in [3.63, 3.8) is 0 Å². The summed E-state index contributed by atoms with van der Waals surface area (Å²) in [5.74, 6) is 0. The molecule has 0 aromatic rings. The van der Waals surface area contributed by atoms with Crippen LogP contribution in [0.3, 0.4) is 0 Å². The number of aliphatic hydroxyl groups is 4. The Kier molecular flexibility index (Phi) is 4.54. The van der Waals surface area contributed by atoms with Crippen molar-refractivity contribution >= 4 is 22.6 Å². The van der Waals surface area contributed by atoms with Gasteiger partial charge in [-0.05, 0) is 0 Å². The van der Waals surface area contributed by atoms with E-state index < -0.39 is 30.5 Å². The Labute approximate surface area is 95.8 Å². The standard InChI is InChI=1S/C8H15IO5/c1-3(9)8-7(13)6(12)5(11)4(2-10)14-8/h3-8,10-13H,2H2,1H3/t3-,4?,5+,6?,7?,8+/m0/s1. The van der Waals surface area contributed by atoms with Crippen molar-refractivity contribution in [2.45, 2.75) is 41.4 Å². The maximum Gasteiger partial charge on any atom is 0.111 e. The van der Waals surface area contributed by atoms with Crippen LogP contribution in [0.1, 0.15) is 6.92 Å². The summed E-state index contributed by atoms with van der Waals surface area (Å²) in [6, 6.07) is 0. The van der Waals surface area contributed by atoms with Crippen LogP contribution in [-0.4, -0.2) is 61.5 Å². The largest absolute Gasteiger partial charge is 0.394 e. The van der Waals surface area contributed by atoms with E-state index in [4.69, 9.17) is 9.84 Å². The number of hydrogen-bond donors (Lipinski definition) is 4. The molecule has 3 unspecified atom stereocenters. The maximum atomic E-state index is 9.57. The fourth-order valence-electron chi connectivity index (χ4n) is 1.51. The second-order valence-corrected chi connectivity index (χ2v) is 5.44. The fraction of sp³-hybridized carbons (Fsp3) is 1.00. The lowest BCUT2D eigenvalue weighted by Gasteiger charge is -2.41. The summed E-state index contributed by atoms with van der Waals surface area (Å²) in [6.07, 6.45) is -4.99. The first-order valence-corrected chi connectivity index (χ1v) is 5.68. The Bertz CT molecular complexity index is 187. The lowest BCUT2D eigenvalue weighted by atomic mass is 9.94. The highest BCUT2D eigenvalue weighted by Crippen LogP contribution is 2.25. The molecule has 6 atom stereocenters. The van der Waals surface area contributed by atoms with Gasteiger partial charge in [-0.2, -0.15) is 0 Å². The van der Waals surface area contributed by atoms with E-state index in [1.807, 2.05) is 6.92 Å². The Morgan fingerprint density at radius 3 is 2.21 bits per heavy atom. The average molecular weight is 318 g/mol. The molecule has 0 bridgehead atoms. The first kappa shape index (κ1) is 12.6. The summed E-state index contributed by atoms with van der Waals surface area (Å²) in [6.45, 7) is 1.46. The highest BCUT2D eigenvalue weighted by molar-refractivity contribution is 14.1. The van der Waals surface area contributed by atoms with Crippen LogP contribution in [0.2, 0.25) is 0 Å². The minimum absolute atomic E-state index is 0.0150. The molecule has 0 aliphatic carbocycles. The number of halogens is 1. The average Bonchev–Trinajstić information content (AvgIpc) is 2.14. The Hall–Kier alpha value is 0.530. The zero-order valence-electron chi connectivity index (χ0n) is 7.75. The third-order valence-electron chi connectivity index (χ3n) is 2.38. The molecule has 1 rings (SSSR count). The highest BCUT2D eigenvalue weighted by atomic mass is 127. The molecule has 0 saturated carbocycles. The first-order valence-electron chi connectivity index (χ1n) is 4.43. The number of rotatable bonds is 2. The van der Waals surface area contributed by atoms with Gasteiger partial charge in [0.15, 0.2) is 0 Å². The van der Waals surface area contributed by atoms with Crippen LogP contribution in [0.4, 0.5) is 0 Å². The summed E-state index contributed by atoms with van der Waals surface area (Å²) in [5.41, 5.74) is 0. The van der Waals surface area contributed by atoms with Crippen molar-refractivity contribution in [1.82, 2.24) is 0 Å². The van der Waals surface area contributed by atoms with Gasteiger partial charge in [0.05, 0.1) is 12.7 Å². The maximum absolute atomic E-state index is 9.57. The van der Waals surface area contributed by atoms with Crippen molar-refractivity contribution in [1.29, 1.82) is 0 Å². The van der Waals surface area contributed by atoms with E-state index in [0.717, 1.165) is 0 Å². The van der Waals surface area contributed by atoms with E-state index in [2.05, 4.69) is 22.6 Å². The molecule has 1 aliphatic rings. The normalized spacial score (nSPS) is 46.3. The van der Waals surface area contributed by atoms with Gasteiger partial charge in [-0.15, -0.1) is 0 Å². The Balaban J connectivity index is 2.73. The molecule has 84 valence electrons. The molecule has 0 radical (unpaired) electrons. The SMILES string of the molecule is C[C@H](I)[C@H]1OC(CO)[C@@H](O)C(O)C1O. The summed E-state index contributed by atoms with van der Waals surface area (Å²) < 4.78 is 5.26. The highest BCUT2D eigenvalue weighted by Gasteiger charge is 2.44. The predicted molar refractivity (Wildman–Crippen MR) is 57.2 cm³/mol. The van der Waals surface area contributed by atoms with Crippen LogP contribution in [-0.2, 0) is 4.74 Å². The minimum Gasteiger partial charge on any atom is -0.394 e. The van der Waals surface area contributed by atoms with E-state index in [-0.39, 0.29) is 10.5 Å². The fourth-order valence-corrected chi connectivity index (χ4v) is 2.11. The summed E-state index contributed by atoms with van der Waals surface area (Å²) in [7, 11) is 0. The molecule has 0 spiro atoms. The molecule has 5 nitrogen and oxygen atoms in total. The topological polar surface area (TPSA) is 90.2 Å². The predicted octanol–water partition coefficient (Wildman–Crippen LogP) is -1.35. The van der Waals surface area contributed by atoms with Gasteiger partial charge in [0.25, 0.3) is 0 Å². The van der Waals surface area contributed by atoms with E-state index in [9.17, 15) is 15.3 Å². The summed E-state index contributed by atoms with van der Waals surface area (Å²) >= 11 is 2.06. The van der Waals surface area contributed by atoms with Crippen molar-refractivity contribution in [2.24, 2.45) is 0 Å². The smallest absolute Gasteiger partial charge is 0.111 e. The van der Waals surface area contributed by atoms with Gasteiger partial charge in [-0.25, -0.2) is 0 Å². The van der Waals surface area contributed by atoms with Gasteiger partial charge in [0, 0.05) is 3.92 Å². The van der Waals surface area contributed by atoms with E-state index in [1.54, 1.807) is 0 Å². The van der Waals surface area contributed by atoms with Gasteiger partial charge in [-0.1, -0.05) is 29.5 Å². The van der Waals surface area contributed by atoms with Crippen molar-refractivity contribution in [2.75, 3.05) is 6.61 Å². The lowest BCUT2D eigenvalue weighted by Crippen LogP contribution is -2.60. The molecule has 1 fully saturated rings. The van der Waals surface area contributed by atoms with E-state index in [0.29, 0.717) is 0 Å². The van der Waals surface area contributed by atoms with Gasteiger partial charge in [0.1, 0.15) is 24.4 Å². The Morgan fingerprint density at radius 1 is 1.21 bits per heavy atom. The van der Waals surface area contributed by atoms with Crippen LogP contribution >= 0.6 is 22.6 Å². The second-order valence-electron chi connectivity index (χ2n) is 3.47. The lowest BCUT2D eigenvalue weighted by molar-refractivity contribution is -0.226. The van der Waals surface area contributed by atoms with Gasteiger partial charge in [0.2, 0.25) is 0 Å². The third kappa shape index (κ3) is 2.37. The van der Waals surface area contributed by atoms with Crippen LogP contribution in [0.5, 0.6) is 0 Å². The molecule has 0 aromatic carbocycles. The van der Waals surface area contributed by atoms with Gasteiger partial charge < -0.3 is 25.2 Å². The van der Waals surface area contributed by atoms with E-state index >= 15 is 0 Å². The minimum atomic E-state index is -1.26. The van der Waals surface area contributed by atoms with Crippen LogP contribution < -0.4 is 0 Å². The quantitative estimate of drug-likeness (QED) is 0.373. The third-order valence-corrected chi connectivity index (χ3v) is 3.09. The molecule has 4 N–H and O–H groups in total. The monoisotopic (exact) mass is 318 g/mol. The zero-order chi connectivity index (χ0) is 10.9. The van der Waals surface area contributed by atoms with Crippen molar-refractivity contribution < 1.29 is 25.2 Å². The van der Waals surface area contributed by atoms with Crippen LogP contribution in [0.15, 0.2) is 0 Å².